The van der Waals surface area contributed by atoms with Crippen molar-refractivity contribution in [2.75, 3.05) is 5.32 Å². The van der Waals surface area contributed by atoms with Crippen LogP contribution >= 0.6 is 0 Å². The summed E-state index contributed by atoms with van der Waals surface area (Å²) < 4.78 is 15.0. The van der Waals surface area contributed by atoms with Crippen molar-refractivity contribution in [3.63, 3.8) is 0 Å². The highest BCUT2D eigenvalue weighted by atomic mass is 19.1. The van der Waals surface area contributed by atoms with Crippen molar-refractivity contribution in [1.29, 1.82) is 0 Å². The SMILES string of the molecule is CC(C)(C)Cn1c(NC#Cc2ccc(F)cc2)nc2cccnc21. The predicted molar refractivity (Wildman–Crippen MR) is 93.9 cm³/mol. The van der Waals surface area contributed by atoms with Crippen LogP contribution in [-0.4, -0.2) is 14.5 Å². The average Bonchev–Trinajstić information content (AvgIpc) is 2.86. The van der Waals surface area contributed by atoms with Crippen LogP contribution in [0.1, 0.15) is 26.3 Å². The molecule has 0 aliphatic heterocycles. The number of nitrogens with one attached hydrogen (secondary N) is 1. The topological polar surface area (TPSA) is 42.7 Å². The molecule has 0 fully saturated rings. The number of imidazole rings is 1. The Balaban J connectivity index is 1.91. The quantitative estimate of drug-likeness (QED) is 0.572. The van der Waals surface area contributed by atoms with Gasteiger partial charge in [-0.05, 0) is 47.7 Å². The van der Waals surface area contributed by atoms with Gasteiger partial charge in [0.05, 0.1) is 0 Å². The molecular weight excluding hydrogens is 303 g/mol. The molecule has 0 bridgehead atoms. The first-order valence-corrected chi connectivity index (χ1v) is 7.76. The van der Waals surface area contributed by atoms with Crippen LogP contribution in [0.5, 0.6) is 0 Å². The van der Waals surface area contributed by atoms with Gasteiger partial charge in [-0.15, -0.1) is 0 Å². The maximum atomic E-state index is 12.9. The molecule has 5 heteroatoms. The minimum atomic E-state index is -0.272. The number of hydrogen-bond acceptors (Lipinski definition) is 3. The van der Waals surface area contributed by atoms with Crippen LogP contribution in [0.2, 0.25) is 0 Å². The molecule has 0 saturated carbocycles. The van der Waals surface area contributed by atoms with Crippen LogP contribution in [0, 0.1) is 23.2 Å². The fourth-order valence-corrected chi connectivity index (χ4v) is 2.37. The first-order chi connectivity index (χ1) is 11.4. The van der Waals surface area contributed by atoms with Crippen LogP contribution in [0.25, 0.3) is 11.2 Å². The molecule has 122 valence electrons. The van der Waals surface area contributed by atoms with Gasteiger partial charge in [-0.2, -0.15) is 0 Å². The Bertz CT molecular complexity index is 908. The number of hydrogen-bond donors (Lipinski definition) is 1. The summed E-state index contributed by atoms with van der Waals surface area (Å²) in [5.74, 6) is 3.34. The van der Waals surface area contributed by atoms with Gasteiger partial charge < -0.3 is 0 Å². The Morgan fingerprint density at radius 2 is 1.92 bits per heavy atom. The van der Waals surface area contributed by atoms with Crippen molar-refractivity contribution in [2.45, 2.75) is 27.3 Å². The Labute approximate surface area is 140 Å². The fourth-order valence-electron chi connectivity index (χ4n) is 2.37. The first kappa shape index (κ1) is 16.0. The fraction of sp³-hybridized carbons (Fsp3) is 0.263. The summed E-state index contributed by atoms with van der Waals surface area (Å²) in [6.45, 7) is 7.25. The van der Waals surface area contributed by atoms with E-state index in [9.17, 15) is 4.39 Å². The second kappa shape index (κ2) is 6.32. The zero-order valence-corrected chi connectivity index (χ0v) is 14.0. The summed E-state index contributed by atoms with van der Waals surface area (Å²) in [5.41, 5.74) is 2.47. The van der Waals surface area contributed by atoms with Crippen molar-refractivity contribution in [1.82, 2.24) is 14.5 Å². The summed E-state index contributed by atoms with van der Waals surface area (Å²) in [6.07, 6.45) is 1.76. The van der Waals surface area contributed by atoms with Crippen LogP contribution in [-0.2, 0) is 6.54 Å². The molecule has 2 heterocycles. The lowest BCUT2D eigenvalue weighted by atomic mass is 9.97. The number of anilines is 1. The number of aromatic nitrogens is 3. The number of nitrogens with zero attached hydrogens (tertiary/aromatic N) is 3. The lowest BCUT2D eigenvalue weighted by Crippen LogP contribution is -2.17. The molecular formula is C19H19FN4. The van der Waals surface area contributed by atoms with E-state index in [4.69, 9.17) is 0 Å². The molecule has 4 nitrogen and oxygen atoms in total. The van der Waals surface area contributed by atoms with Gasteiger partial charge in [0.2, 0.25) is 5.95 Å². The van der Waals surface area contributed by atoms with E-state index in [0.29, 0.717) is 5.95 Å². The van der Waals surface area contributed by atoms with Gasteiger partial charge in [-0.3, -0.25) is 9.88 Å². The Kier molecular flexibility index (Phi) is 4.22. The molecule has 2 aromatic heterocycles. The number of fused-ring (bicyclic) bond motifs is 1. The molecule has 3 aromatic rings. The largest absolute Gasteiger partial charge is 0.294 e. The number of rotatable bonds is 2. The second-order valence-electron chi connectivity index (χ2n) is 6.81. The van der Waals surface area contributed by atoms with E-state index in [0.717, 1.165) is 23.3 Å². The first-order valence-electron chi connectivity index (χ1n) is 7.76. The minimum Gasteiger partial charge on any atom is -0.294 e. The molecule has 1 N–H and O–H groups in total. The second-order valence-corrected chi connectivity index (χ2v) is 6.81. The zero-order chi connectivity index (χ0) is 17.2. The molecule has 0 aliphatic carbocycles. The number of benzene rings is 1. The highest BCUT2D eigenvalue weighted by Gasteiger charge is 2.17. The van der Waals surface area contributed by atoms with Gasteiger partial charge >= 0.3 is 0 Å². The number of pyridine rings is 1. The molecule has 0 atom stereocenters. The minimum absolute atomic E-state index is 0.0754. The van der Waals surface area contributed by atoms with Gasteiger partial charge in [0.25, 0.3) is 0 Å². The zero-order valence-electron chi connectivity index (χ0n) is 14.0. The summed E-state index contributed by atoms with van der Waals surface area (Å²) in [4.78, 5) is 9.00. The highest BCUT2D eigenvalue weighted by Crippen LogP contribution is 2.24. The van der Waals surface area contributed by atoms with E-state index in [2.05, 4.69) is 48.0 Å². The maximum absolute atomic E-state index is 12.9. The van der Waals surface area contributed by atoms with E-state index in [1.807, 2.05) is 16.7 Å². The van der Waals surface area contributed by atoms with E-state index in [1.54, 1.807) is 18.3 Å². The van der Waals surface area contributed by atoms with Crippen molar-refractivity contribution in [2.24, 2.45) is 5.41 Å². The van der Waals surface area contributed by atoms with Gasteiger partial charge in [0.1, 0.15) is 11.3 Å². The molecule has 0 aliphatic rings. The Hall–Kier alpha value is -2.87. The molecule has 1 aromatic carbocycles. The summed E-state index contributed by atoms with van der Waals surface area (Å²) in [6, 6.07) is 12.8. The molecule has 0 amide bonds. The molecule has 3 rings (SSSR count). The van der Waals surface area contributed by atoms with Crippen LogP contribution < -0.4 is 5.32 Å². The van der Waals surface area contributed by atoms with Gasteiger partial charge in [-0.25, -0.2) is 14.4 Å². The van der Waals surface area contributed by atoms with Gasteiger partial charge in [0, 0.05) is 24.3 Å². The maximum Gasteiger partial charge on any atom is 0.217 e. The molecule has 24 heavy (non-hydrogen) atoms. The molecule has 0 spiro atoms. The monoisotopic (exact) mass is 322 g/mol. The van der Waals surface area contributed by atoms with Crippen molar-refractivity contribution in [3.8, 4) is 12.0 Å². The third kappa shape index (κ3) is 3.72. The van der Waals surface area contributed by atoms with Crippen molar-refractivity contribution < 1.29 is 4.39 Å². The lowest BCUT2D eigenvalue weighted by Gasteiger charge is -2.20. The van der Waals surface area contributed by atoms with E-state index in [-0.39, 0.29) is 11.2 Å². The third-order valence-electron chi connectivity index (χ3n) is 3.36. The average molecular weight is 322 g/mol. The standard InChI is InChI=1S/C19H19FN4/c1-19(2,3)13-24-17-16(5-4-11-21-17)23-18(24)22-12-10-14-6-8-15(20)9-7-14/h4-9,11H,13H2,1-3H3,(H,22,23). The summed E-state index contributed by atoms with van der Waals surface area (Å²) in [5, 5.41) is 3.05. The number of halogens is 1. The normalized spacial score (nSPS) is 11.2. The lowest BCUT2D eigenvalue weighted by molar-refractivity contribution is 0.350. The van der Waals surface area contributed by atoms with Gasteiger partial charge in [0.15, 0.2) is 5.65 Å². The van der Waals surface area contributed by atoms with Crippen molar-refractivity contribution >= 4 is 17.1 Å². The third-order valence-corrected chi connectivity index (χ3v) is 3.36. The molecule has 0 saturated heterocycles. The Morgan fingerprint density at radius 3 is 2.62 bits per heavy atom. The Morgan fingerprint density at radius 1 is 1.17 bits per heavy atom. The predicted octanol–water partition coefficient (Wildman–Crippen LogP) is 4.04. The molecule has 0 radical (unpaired) electrons. The van der Waals surface area contributed by atoms with E-state index < -0.39 is 0 Å². The van der Waals surface area contributed by atoms with Crippen LogP contribution in [0.3, 0.4) is 0 Å². The molecule has 0 unspecified atom stereocenters. The van der Waals surface area contributed by atoms with Crippen LogP contribution in [0.15, 0.2) is 42.6 Å². The van der Waals surface area contributed by atoms with Gasteiger partial charge in [-0.1, -0.05) is 20.8 Å². The smallest absolute Gasteiger partial charge is 0.217 e. The van der Waals surface area contributed by atoms with Crippen molar-refractivity contribution in [3.05, 3.63) is 54.0 Å². The van der Waals surface area contributed by atoms with E-state index >= 15 is 0 Å². The highest BCUT2D eigenvalue weighted by molar-refractivity contribution is 5.74. The summed E-state index contributed by atoms with van der Waals surface area (Å²) >= 11 is 0. The van der Waals surface area contributed by atoms with E-state index in [1.165, 1.54) is 12.1 Å². The van der Waals surface area contributed by atoms with Crippen LogP contribution in [0.4, 0.5) is 10.3 Å². The summed E-state index contributed by atoms with van der Waals surface area (Å²) in [7, 11) is 0.